The number of aliphatic hydroxyl groups excluding tert-OH is 2. The van der Waals surface area contributed by atoms with Crippen LogP contribution in [0, 0.1) is 6.92 Å². The Hall–Kier alpha value is -1.59. The van der Waals surface area contributed by atoms with Gasteiger partial charge in [0.15, 0.2) is 6.10 Å². The van der Waals surface area contributed by atoms with Crippen LogP contribution in [0.1, 0.15) is 17.2 Å². The van der Waals surface area contributed by atoms with Gasteiger partial charge in [-0.2, -0.15) is 0 Å². The summed E-state index contributed by atoms with van der Waals surface area (Å²) in [6.45, 7) is 1.60. The third-order valence-electron chi connectivity index (χ3n) is 2.15. The second-order valence-electron chi connectivity index (χ2n) is 3.24. The van der Waals surface area contributed by atoms with Gasteiger partial charge in [-0.25, -0.2) is 4.79 Å². The van der Waals surface area contributed by atoms with Crippen molar-refractivity contribution in [2.45, 2.75) is 19.1 Å². The fraction of sp³-hybridized carbons (Fsp3) is 0.300. The van der Waals surface area contributed by atoms with Crippen LogP contribution in [-0.4, -0.2) is 32.5 Å². The highest BCUT2D eigenvalue weighted by Gasteiger charge is 2.28. The Kier molecular flexibility index (Phi) is 3.28. The molecule has 0 aliphatic rings. The minimum atomic E-state index is -1.95. The van der Waals surface area contributed by atoms with Crippen LogP contribution in [-0.2, 0) is 4.79 Å². The molecule has 2 atom stereocenters. The van der Waals surface area contributed by atoms with Crippen molar-refractivity contribution in [1.29, 1.82) is 0 Å². The van der Waals surface area contributed by atoms with Crippen molar-refractivity contribution in [3.63, 3.8) is 0 Å². The second kappa shape index (κ2) is 4.29. The van der Waals surface area contributed by atoms with Crippen LogP contribution in [0.15, 0.2) is 18.2 Å². The number of benzene rings is 1. The van der Waals surface area contributed by atoms with Crippen LogP contribution in [0.2, 0.25) is 0 Å². The summed E-state index contributed by atoms with van der Waals surface area (Å²) in [5.41, 5.74) is 0.551. The Bertz CT molecular complexity index is 354. The molecule has 4 N–H and O–H groups in total. The number of rotatable bonds is 3. The second-order valence-corrected chi connectivity index (χ2v) is 3.24. The fourth-order valence-electron chi connectivity index (χ4n) is 1.34. The monoisotopic (exact) mass is 212 g/mol. The van der Waals surface area contributed by atoms with E-state index in [1.165, 1.54) is 6.07 Å². The number of aryl methyl sites for hydroxylation is 1. The zero-order chi connectivity index (χ0) is 11.6. The molecule has 0 fully saturated rings. The lowest BCUT2D eigenvalue weighted by atomic mass is 9.98. The zero-order valence-electron chi connectivity index (χ0n) is 8.08. The van der Waals surface area contributed by atoms with Crippen LogP contribution >= 0.6 is 0 Å². The first kappa shape index (κ1) is 11.5. The topological polar surface area (TPSA) is 98.0 Å². The van der Waals surface area contributed by atoms with E-state index in [1.54, 1.807) is 19.1 Å². The Morgan fingerprint density at radius 2 is 1.93 bits per heavy atom. The molecule has 82 valence electrons. The summed E-state index contributed by atoms with van der Waals surface area (Å²) in [7, 11) is 0. The molecule has 0 spiro atoms. The van der Waals surface area contributed by atoms with Gasteiger partial charge in [0.1, 0.15) is 11.9 Å². The minimum absolute atomic E-state index is 0.0346. The van der Waals surface area contributed by atoms with Crippen molar-refractivity contribution in [3.8, 4) is 5.75 Å². The number of phenolic OH excluding ortho intramolecular Hbond substituents is 1. The maximum Gasteiger partial charge on any atom is 0.335 e. The van der Waals surface area contributed by atoms with Crippen molar-refractivity contribution in [1.82, 2.24) is 0 Å². The first-order chi connectivity index (χ1) is 6.95. The van der Waals surface area contributed by atoms with Crippen molar-refractivity contribution in [2.75, 3.05) is 0 Å². The van der Waals surface area contributed by atoms with Crippen LogP contribution in [0.4, 0.5) is 0 Å². The normalized spacial score (nSPS) is 14.6. The molecule has 0 aliphatic carbocycles. The predicted molar refractivity (Wildman–Crippen MR) is 51.4 cm³/mol. The molecule has 0 aliphatic heterocycles. The highest BCUT2D eigenvalue weighted by atomic mass is 16.4. The largest absolute Gasteiger partial charge is 0.508 e. The van der Waals surface area contributed by atoms with E-state index in [1.807, 2.05) is 0 Å². The van der Waals surface area contributed by atoms with Gasteiger partial charge < -0.3 is 20.4 Å². The molecular weight excluding hydrogens is 200 g/mol. The van der Waals surface area contributed by atoms with E-state index in [2.05, 4.69) is 0 Å². The van der Waals surface area contributed by atoms with E-state index >= 15 is 0 Å². The van der Waals surface area contributed by atoms with Crippen LogP contribution in [0.3, 0.4) is 0 Å². The van der Waals surface area contributed by atoms with Crippen molar-refractivity contribution >= 4 is 5.97 Å². The summed E-state index contributed by atoms with van der Waals surface area (Å²) in [5, 5.41) is 36.6. The Morgan fingerprint density at radius 1 is 1.33 bits per heavy atom. The third kappa shape index (κ3) is 2.26. The highest BCUT2D eigenvalue weighted by molar-refractivity contribution is 5.73. The zero-order valence-corrected chi connectivity index (χ0v) is 8.08. The van der Waals surface area contributed by atoms with Gasteiger partial charge in [-0.1, -0.05) is 12.1 Å². The Balaban J connectivity index is 3.10. The van der Waals surface area contributed by atoms with Gasteiger partial charge in [-0.05, 0) is 18.6 Å². The first-order valence-electron chi connectivity index (χ1n) is 4.32. The molecule has 0 heterocycles. The molecule has 0 aromatic heterocycles. The van der Waals surface area contributed by atoms with E-state index in [-0.39, 0.29) is 11.3 Å². The summed E-state index contributed by atoms with van der Waals surface area (Å²) < 4.78 is 0. The molecule has 0 radical (unpaired) electrons. The van der Waals surface area contributed by atoms with E-state index in [0.29, 0.717) is 5.56 Å². The van der Waals surface area contributed by atoms with E-state index in [9.17, 15) is 15.0 Å². The number of phenols is 1. The minimum Gasteiger partial charge on any atom is -0.508 e. The van der Waals surface area contributed by atoms with E-state index in [0.717, 1.165) is 0 Å². The molecule has 0 amide bonds. The number of aliphatic hydroxyl groups is 2. The maximum atomic E-state index is 10.4. The average Bonchev–Trinajstić information content (AvgIpc) is 2.15. The van der Waals surface area contributed by atoms with Crippen LogP contribution in [0.25, 0.3) is 0 Å². The van der Waals surface area contributed by atoms with Gasteiger partial charge in [-0.15, -0.1) is 0 Å². The molecule has 15 heavy (non-hydrogen) atoms. The molecule has 0 bridgehead atoms. The van der Waals surface area contributed by atoms with Crippen molar-refractivity contribution in [3.05, 3.63) is 29.3 Å². The SMILES string of the molecule is Cc1cccc(O)c1C(O)C(O)C(=O)O. The number of carboxylic acid groups (broad SMARTS) is 1. The number of carbonyl (C=O) groups is 1. The molecule has 2 unspecified atom stereocenters. The van der Waals surface area contributed by atoms with E-state index in [4.69, 9.17) is 10.2 Å². The summed E-state index contributed by atoms with van der Waals surface area (Å²) in [4.78, 5) is 10.4. The fourth-order valence-corrected chi connectivity index (χ4v) is 1.34. The molecule has 1 aromatic rings. The summed E-state index contributed by atoms with van der Waals surface area (Å²) in [5.74, 6) is -1.77. The standard InChI is InChI=1S/C10H12O5/c1-5-3-2-4-6(11)7(5)8(12)9(13)10(14)15/h2-4,8-9,11-13H,1H3,(H,14,15). The van der Waals surface area contributed by atoms with Crippen LogP contribution < -0.4 is 0 Å². The highest BCUT2D eigenvalue weighted by Crippen LogP contribution is 2.29. The third-order valence-corrected chi connectivity index (χ3v) is 2.15. The smallest absolute Gasteiger partial charge is 0.335 e. The van der Waals surface area contributed by atoms with Gasteiger partial charge in [0.05, 0.1) is 0 Å². The molecule has 5 heteroatoms. The van der Waals surface area contributed by atoms with Gasteiger partial charge in [0.2, 0.25) is 0 Å². The number of aliphatic carboxylic acids is 1. The quantitative estimate of drug-likeness (QED) is 0.573. The molecule has 0 saturated carbocycles. The summed E-state index contributed by atoms with van der Waals surface area (Å²) >= 11 is 0. The molecule has 1 rings (SSSR count). The molecular formula is C10H12O5. The van der Waals surface area contributed by atoms with Gasteiger partial charge >= 0.3 is 5.97 Å². The lowest BCUT2D eigenvalue weighted by molar-refractivity contribution is -0.153. The summed E-state index contributed by atoms with van der Waals surface area (Å²) in [6, 6.07) is 4.49. The van der Waals surface area contributed by atoms with Gasteiger partial charge in [0, 0.05) is 5.56 Å². The molecule has 5 nitrogen and oxygen atoms in total. The summed E-state index contributed by atoms with van der Waals surface area (Å²) in [6.07, 6.45) is -3.58. The van der Waals surface area contributed by atoms with Gasteiger partial charge in [-0.3, -0.25) is 0 Å². The Labute approximate surface area is 86.2 Å². The number of hydrogen-bond donors (Lipinski definition) is 4. The molecule has 0 saturated heterocycles. The number of carboxylic acids is 1. The average molecular weight is 212 g/mol. The predicted octanol–water partition coefficient (Wildman–Crippen LogP) is 0.180. The number of aromatic hydroxyl groups is 1. The molecule has 1 aromatic carbocycles. The Morgan fingerprint density at radius 3 is 2.40 bits per heavy atom. The van der Waals surface area contributed by atoms with Crippen LogP contribution in [0.5, 0.6) is 5.75 Å². The van der Waals surface area contributed by atoms with Crippen molar-refractivity contribution < 1.29 is 25.2 Å². The van der Waals surface area contributed by atoms with Crippen molar-refractivity contribution in [2.24, 2.45) is 0 Å². The number of hydrogen-bond acceptors (Lipinski definition) is 4. The lowest BCUT2D eigenvalue weighted by Crippen LogP contribution is -2.28. The maximum absolute atomic E-state index is 10.4. The van der Waals surface area contributed by atoms with E-state index < -0.39 is 18.2 Å². The van der Waals surface area contributed by atoms with Gasteiger partial charge in [0.25, 0.3) is 0 Å². The lowest BCUT2D eigenvalue weighted by Gasteiger charge is -2.17. The first-order valence-corrected chi connectivity index (χ1v) is 4.32.